The van der Waals surface area contributed by atoms with Gasteiger partial charge in [0.1, 0.15) is 6.07 Å². The van der Waals surface area contributed by atoms with Gasteiger partial charge in [-0.2, -0.15) is 10.4 Å². The number of hydrogen-bond acceptors (Lipinski definition) is 5. The topological polar surface area (TPSA) is 95.8 Å². The fourth-order valence-corrected chi connectivity index (χ4v) is 4.66. The third-order valence-corrected chi connectivity index (χ3v) is 6.00. The highest BCUT2D eigenvalue weighted by molar-refractivity contribution is 6.02. The molecule has 0 aliphatic heterocycles. The van der Waals surface area contributed by atoms with Crippen LogP contribution >= 0.6 is 0 Å². The first kappa shape index (κ1) is 17.2. The number of carbonyl (C=O) groups excluding carboxylic acids is 2. The van der Waals surface area contributed by atoms with Crippen molar-refractivity contribution in [2.24, 2.45) is 11.8 Å². The van der Waals surface area contributed by atoms with Crippen molar-refractivity contribution in [2.45, 2.75) is 25.2 Å². The number of Topliss-reactive ketones (excluding diaryl/α,β-unsaturated/α-hetero) is 1. The molecule has 2 aromatic rings. The van der Waals surface area contributed by atoms with Gasteiger partial charge < -0.3 is 4.74 Å². The molecule has 4 rings (SSSR count). The fourth-order valence-electron chi connectivity index (χ4n) is 4.66. The van der Waals surface area contributed by atoms with Gasteiger partial charge >= 0.3 is 5.97 Å². The zero-order chi connectivity index (χ0) is 19.2. The second kappa shape index (κ2) is 6.20. The molecule has 1 heterocycles. The van der Waals surface area contributed by atoms with Gasteiger partial charge in [-0.25, -0.2) is 4.79 Å². The van der Waals surface area contributed by atoms with Crippen LogP contribution in [0.2, 0.25) is 0 Å². The van der Waals surface area contributed by atoms with Crippen molar-refractivity contribution < 1.29 is 14.3 Å². The van der Waals surface area contributed by atoms with E-state index < -0.39 is 11.4 Å². The normalized spacial score (nSPS) is 26.4. The van der Waals surface area contributed by atoms with Gasteiger partial charge in [-0.05, 0) is 48.1 Å². The van der Waals surface area contributed by atoms with E-state index in [1.54, 1.807) is 18.2 Å². The standard InChI is InChI=1S/C21H19N3O3/c1-12-17-8-5-14-11-23-24-19(14)21(17,9-15(10-22)18(12)25)16-6-3-13(4-7-16)20(26)27-2/h3-4,6-7,9,11-12,17H,5,8H2,1-2H3,(H,23,24)/t12-,17+,21-/m0/s1. The van der Waals surface area contributed by atoms with Gasteiger partial charge in [0.2, 0.25) is 0 Å². The quantitative estimate of drug-likeness (QED) is 0.830. The maximum Gasteiger partial charge on any atom is 0.337 e. The van der Waals surface area contributed by atoms with E-state index >= 15 is 0 Å². The summed E-state index contributed by atoms with van der Waals surface area (Å²) in [5, 5.41) is 16.9. The molecule has 1 aromatic heterocycles. The van der Waals surface area contributed by atoms with E-state index in [-0.39, 0.29) is 23.2 Å². The summed E-state index contributed by atoms with van der Waals surface area (Å²) in [6, 6.07) is 9.27. The van der Waals surface area contributed by atoms with Crippen LogP contribution in [-0.2, 0) is 21.4 Å². The first-order valence-electron chi connectivity index (χ1n) is 8.91. The second-order valence-corrected chi connectivity index (χ2v) is 7.18. The van der Waals surface area contributed by atoms with Crippen LogP contribution in [0.1, 0.15) is 40.5 Å². The van der Waals surface area contributed by atoms with Crippen LogP contribution in [0.5, 0.6) is 0 Å². The predicted molar refractivity (Wildman–Crippen MR) is 96.8 cm³/mol. The highest BCUT2D eigenvalue weighted by Crippen LogP contribution is 2.53. The Balaban J connectivity index is 1.97. The number of methoxy groups -OCH3 is 1. The highest BCUT2D eigenvalue weighted by Gasteiger charge is 2.52. The highest BCUT2D eigenvalue weighted by atomic mass is 16.5. The molecule has 6 heteroatoms. The number of ketones is 1. The molecule has 1 aromatic carbocycles. The van der Waals surface area contributed by atoms with Crippen molar-refractivity contribution >= 4 is 11.8 Å². The fraction of sp³-hybridized carbons (Fsp3) is 0.333. The van der Waals surface area contributed by atoms with E-state index in [4.69, 9.17) is 4.74 Å². The zero-order valence-corrected chi connectivity index (χ0v) is 15.2. The lowest BCUT2D eigenvalue weighted by molar-refractivity contribution is -0.121. The Bertz CT molecular complexity index is 996. The summed E-state index contributed by atoms with van der Waals surface area (Å²) >= 11 is 0. The number of nitrogens with zero attached hydrogens (tertiary/aromatic N) is 2. The molecule has 3 atom stereocenters. The van der Waals surface area contributed by atoms with E-state index in [0.29, 0.717) is 5.56 Å². The minimum absolute atomic E-state index is 0.0130. The van der Waals surface area contributed by atoms with Crippen LogP contribution in [0.25, 0.3) is 0 Å². The summed E-state index contributed by atoms with van der Waals surface area (Å²) in [6.45, 7) is 1.90. The number of ether oxygens (including phenoxy) is 1. The lowest BCUT2D eigenvalue weighted by Gasteiger charge is -2.47. The molecule has 0 bridgehead atoms. The molecule has 1 N–H and O–H groups in total. The Morgan fingerprint density at radius 2 is 2.11 bits per heavy atom. The minimum atomic E-state index is -0.642. The van der Waals surface area contributed by atoms with Crippen LogP contribution in [-0.4, -0.2) is 29.1 Å². The molecule has 27 heavy (non-hydrogen) atoms. The molecular weight excluding hydrogens is 342 g/mol. The van der Waals surface area contributed by atoms with Crippen molar-refractivity contribution in [2.75, 3.05) is 7.11 Å². The summed E-state index contributed by atoms with van der Waals surface area (Å²) in [7, 11) is 1.35. The maximum absolute atomic E-state index is 12.6. The van der Waals surface area contributed by atoms with Gasteiger partial charge in [0.15, 0.2) is 5.78 Å². The zero-order valence-electron chi connectivity index (χ0n) is 15.2. The number of hydrogen-bond donors (Lipinski definition) is 1. The molecule has 0 radical (unpaired) electrons. The van der Waals surface area contributed by atoms with Gasteiger partial charge in [0, 0.05) is 5.92 Å². The number of benzene rings is 1. The average molecular weight is 361 g/mol. The Labute approximate surface area is 156 Å². The van der Waals surface area contributed by atoms with Crippen LogP contribution < -0.4 is 0 Å². The number of carbonyl (C=O) groups is 2. The minimum Gasteiger partial charge on any atom is -0.465 e. The largest absolute Gasteiger partial charge is 0.465 e. The summed E-state index contributed by atoms with van der Waals surface area (Å²) in [6.07, 6.45) is 5.28. The number of aromatic amines is 1. The van der Waals surface area contributed by atoms with Gasteiger partial charge in [-0.1, -0.05) is 19.1 Å². The summed E-state index contributed by atoms with van der Waals surface area (Å²) in [4.78, 5) is 24.4. The number of aromatic nitrogens is 2. The number of aryl methyl sites for hydroxylation is 1. The van der Waals surface area contributed by atoms with Crippen molar-refractivity contribution in [1.82, 2.24) is 10.2 Å². The molecule has 0 saturated carbocycles. The third kappa shape index (κ3) is 2.35. The Hall–Kier alpha value is -3.20. The number of nitriles is 1. The predicted octanol–water partition coefficient (Wildman–Crippen LogP) is 2.71. The third-order valence-electron chi connectivity index (χ3n) is 6.00. The Kier molecular flexibility index (Phi) is 3.96. The van der Waals surface area contributed by atoms with E-state index in [1.165, 1.54) is 7.11 Å². The van der Waals surface area contributed by atoms with Crippen LogP contribution in [0.15, 0.2) is 42.1 Å². The molecule has 0 unspecified atom stereocenters. The molecule has 0 amide bonds. The monoisotopic (exact) mass is 361 g/mol. The van der Waals surface area contributed by atoms with Crippen LogP contribution in [0.3, 0.4) is 0 Å². The van der Waals surface area contributed by atoms with Gasteiger partial charge in [-0.3, -0.25) is 9.89 Å². The van der Waals surface area contributed by atoms with Crippen molar-refractivity contribution in [1.29, 1.82) is 5.26 Å². The number of allylic oxidation sites excluding steroid dienone is 2. The maximum atomic E-state index is 12.6. The van der Waals surface area contributed by atoms with Crippen LogP contribution in [0.4, 0.5) is 0 Å². The van der Waals surface area contributed by atoms with E-state index in [0.717, 1.165) is 29.7 Å². The van der Waals surface area contributed by atoms with Crippen molar-refractivity contribution in [3.05, 3.63) is 64.5 Å². The molecule has 2 aliphatic carbocycles. The molecule has 0 saturated heterocycles. The van der Waals surface area contributed by atoms with Crippen molar-refractivity contribution in [3.8, 4) is 6.07 Å². The molecule has 0 spiro atoms. The van der Waals surface area contributed by atoms with E-state index in [2.05, 4.69) is 16.3 Å². The lowest BCUT2D eigenvalue weighted by atomic mass is 9.54. The second-order valence-electron chi connectivity index (χ2n) is 7.18. The summed E-state index contributed by atoms with van der Waals surface area (Å²) in [5.74, 6) is -0.769. The molecular formula is C21H19N3O3. The number of nitrogens with one attached hydrogen (secondary N) is 1. The molecule has 2 aliphatic rings. The number of rotatable bonds is 2. The summed E-state index contributed by atoms with van der Waals surface area (Å²) < 4.78 is 4.78. The average Bonchev–Trinajstić information content (AvgIpc) is 3.19. The molecule has 136 valence electrons. The van der Waals surface area contributed by atoms with Gasteiger partial charge in [0.05, 0.1) is 35.6 Å². The number of esters is 1. The van der Waals surface area contributed by atoms with Gasteiger partial charge in [0.25, 0.3) is 0 Å². The number of fused-ring (bicyclic) bond motifs is 3. The first-order valence-corrected chi connectivity index (χ1v) is 8.91. The Morgan fingerprint density at radius 3 is 2.78 bits per heavy atom. The van der Waals surface area contributed by atoms with E-state index in [1.807, 2.05) is 25.3 Å². The number of H-pyrrole nitrogens is 1. The first-order chi connectivity index (χ1) is 13.0. The van der Waals surface area contributed by atoms with Gasteiger partial charge in [-0.15, -0.1) is 0 Å². The van der Waals surface area contributed by atoms with Crippen molar-refractivity contribution in [3.63, 3.8) is 0 Å². The van der Waals surface area contributed by atoms with E-state index in [9.17, 15) is 14.9 Å². The Morgan fingerprint density at radius 1 is 1.37 bits per heavy atom. The SMILES string of the molecule is COC(=O)c1ccc([C@@]23C=C(C#N)C(=O)[C@@H](C)[C@H]2CCc2cn[nH]c23)cc1. The lowest BCUT2D eigenvalue weighted by Crippen LogP contribution is -2.48. The smallest absolute Gasteiger partial charge is 0.337 e. The van der Waals surface area contributed by atoms with Crippen LogP contribution in [0, 0.1) is 23.2 Å². The molecule has 0 fully saturated rings. The molecule has 6 nitrogen and oxygen atoms in total. The summed E-state index contributed by atoms with van der Waals surface area (Å²) in [5.41, 5.74) is 2.95.